The molecule has 1 aromatic carbocycles. The lowest BCUT2D eigenvalue weighted by Crippen LogP contribution is -2.27. The van der Waals surface area contributed by atoms with Gasteiger partial charge in [0.15, 0.2) is 0 Å². The lowest BCUT2D eigenvalue weighted by atomic mass is 10.1. The summed E-state index contributed by atoms with van der Waals surface area (Å²) in [5.74, 6) is -0.437. The summed E-state index contributed by atoms with van der Waals surface area (Å²) in [6.07, 6.45) is -4.46. The van der Waals surface area contributed by atoms with Gasteiger partial charge in [-0.2, -0.15) is 13.2 Å². The first-order valence-electron chi connectivity index (χ1n) is 7.42. The number of thioether (sulfide) groups is 1. The van der Waals surface area contributed by atoms with Gasteiger partial charge >= 0.3 is 6.18 Å². The molecule has 6 nitrogen and oxygen atoms in total. The molecule has 1 heterocycles. The van der Waals surface area contributed by atoms with Crippen LogP contribution in [0.4, 0.5) is 18.9 Å². The number of halogens is 3. The van der Waals surface area contributed by atoms with Gasteiger partial charge in [0.2, 0.25) is 11.1 Å². The Kier molecular flexibility index (Phi) is 5.40. The minimum absolute atomic E-state index is 0.0858. The number of alkyl halides is 3. The number of anilines is 1. The Hall–Kier alpha value is -2.10. The SMILES string of the molecule is CC(Sc1nnnn1C(C)(C)C)C(=O)Nc1cccc(C(F)(F)F)c1. The fraction of sp³-hybridized carbons (Fsp3) is 0.467. The second kappa shape index (κ2) is 7.03. The van der Waals surface area contributed by atoms with Crippen LogP contribution in [0.25, 0.3) is 0 Å². The van der Waals surface area contributed by atoms with Crippen LogP contribution in [0.1, 0.15) is 33.3 Å². The number of hydrogen-bond acceptors (Lipinski definition) is 5. The van der Waals surface area contributed by atoms with Crippen molar-refractivity contribution in [3.63, 3.8) is 0 Å². The van der Waals surface area contributed by atoms with E-state index in [4.69, 9.17) is 0 Å². The van der Waals surface area contributed by atoms with Crippen molar-refractivity contribution < 1.29 is 18.0 Å². The molecule has 0 spiro atoms. The molecule has 0 aliphatic carbocycles. The van der Waals surface area contributed by atoms with Gasteiger partial charge < -0.3 is 5.32 Å². The van der Waals surface area contributed by atoms with E-state index in [1.165, 1.54) is 12.1 Å². The number of amides is 1. The number of hydrogen-bond donors (Lipinski definition) is 1. The average molecular weight is 373 g/mol. The van der Waals surface area contributed by atoms with Gasteiger partial charge in [-0.3, -0.25) is 4.79 Å². The lowest BCUT2D eigenvalue weighted by Gasteiger charge is -2.20. The highest BCUT2D eigenvalue weighted by Gasteiger charge is 2.30. The number of carbonyl (C=O) groups excluding carboxylic acids is 1. The monoisotopic (exact) mass is 373 g/mol. The Morgan fingerprint density at radius 1 is 1.28 bits per heavy atom. The summed E-state index contributed by atoms with van der Waals surface area (Å²) in [5, 5.41) is 13.8. The summed E-state index contributed by atoms with van der Waals surface area (Å²) in [6.45, 7) is 7.39. The van der Waals surface area contributed by atoms with Gasteiger partial charge in [-0.25, -0.2) is 4.68 Å². The molecule has 1 unspecified atom stereocenters. The van der Waals surface area contributed by atoms with E-state index >= 15 is 0 Å². The summed E-state index contributed by atoms with van der Waals surface area (Å²) in [7, 11) is 0. The molecule has 0 radical (unpaired) electrons. The Morgan fingerprint density at radius 3 is 2.56 bits per heavy atom. The van der Waals surface area contributed by atoms with Crippen LogP contribution in [-0.2, 0) is 16.5 Å². The summed E-state index contributed by atoms with van der Waals surface area (Å²) >= 11 is 1.13. The van der Waals surface area contributed by atoms with Crippen LogP contribution in [-0.4, -0.2) is 31.4 Å². The van der Waals surface area contributed by atoms with Crippen LogP contribution in [0.3, 0.4) is 0 Å². The molecule has 25 heavy (non-hydrogen) atoms. The molecular formula is C15H18F3N5OS. The zero-order valence-corrected chi connectivity index (χ0v) is 14.9. The van der Waals surface area contributed by atoms with E-state index in [1.807, 2.05) is 20.8 Å². The Balaban J connectivity index is 2.08. The van der Waals surface area contributed by atoms with Gasteiger partial charge in [0.05, 0.1) is 16.4 Å². The number of benzene rings is 1. The second-order valence-corrected chi connectivity index (χ2v) is 7.68. The van der Waals surface area contributed by atoms with E-state index in [2.05, 4.69) is 20.8 Å². The van der Waals surface area contributed by atoms with Crippen molar-refractivity contribution in [3.05, 3.63) is 29.8 Å². The average Bonchev–Trinajstić information content (AvgIpc) is 2.95. The maximum absolute atomic E-state index is 12.7. The van der Waals surface area contributed by atoms with Crippen molar-refractivity contribution in [2.24, 2.45) is 0 Å². The summed E-state index contributed by atoms with van der Waals surface area (Å²) < 4.78 is 39.8. The van der Waals surface area contributed by atoms with E-state index in [0.717, 1.165) is 23.9 Å². The normalized spacial score (nSPS) is 13.6. The third-order valence-electron chi connectivity index (χ3n) is 3.19. The molecule has 2 rings (SSSR count). The molecule has 1 amide bonds. The fourth-order valence-electron chi connectivity index (χ4n) is 1.90. The minimum atomic E-state index is -4.46. The van der Waals surface area contributed by atoms with Crippen molar-refractivity contribution in [3.8, 4) is 0 Å². The first-order valence-corrected chi connectivity index (χ1v) is 8.30. The van der Waals surface area contributed by atoms with Crippen LogP contribution in [0.2, 0.25) is 0 Å². The molecule has 0 aliphatic heterocycles. The summed E-state index contributed by atoms with van der Waals surface area (Å²) in [4.78, 5) is 12.3. The van der Waals surface area contributed by atoms with Gasteiger partial charge in [0.25, 0.3) is 0 Å². The largest absolute Gasteiger partial charge is 0.416 e. The van der Waals surface area contributed by atoms with E-state index in [-0.39, 0.29) is 11.2 Å². The molecule has 2 aromatic rings. The molecule has 0 saturated heterocycles. The molecule has 136 valence electrons. The van der Waals surface area contributed by atoms with Crippen molar-refractivity contribution >= 4 is 23.4 Å². The van der Waals surface area contributed by atoms with Crippen LogP contribution in [0.5, 0.6) is 0 Å². The van der Waals surface area contributed by atoms with Crippen molar-refractivity contribution in [1.29, 1.82) is 0 Å². The number of tetrazole rings is 1. The smallest absolute Gasteiger partial charge is 0.325 e. The maximum atomic E-state index is 12.7. The van der Waals surface area contributed by atoms with Crippen molar-refractivity contribution in [1.82, 2.24) is 20.2 Å². The molecule has 1 aromatic heterocycles. The third kappa shape index (κ3) is 4.94. The number of nitrogens with zero attached hydrogens (tertiary/aromatic N) is 4. The number of carbonyl (C=O) groups is 1. The van der Waals surface area contributed by atoms with Crippen LogP contribution in [0.15, 0.2) is 29.4 Å². The molecular weight excluding hydrogens is 355 g/mol. The van der Waals surface area contributed by atoms with E-state index < -0.39 is 22.9 Å². The highest BCUT2D eigenvalue weighted by Crippen LogP contribution is 2.31. The molecule has 1 atom stereocenters. The van der Waals surface area contributed by atoms with Gasteiger partial charge in [-0.15, -0.1) is 5.10 Å². The highest BCUT2D eigenvalue weighted by atomic mass is 32.2. The van der Waals surface area contributed by atoms with Gasteiger partial charge in [-0.05, 0) is 56.3 Å². The third-order valence-corrected chi connectivity index (χ3v) is 4.22. The first kappa shape index (κ1) is 19.2. The molecule has 10 heteroatoms. The quantitative estimate of drug-likeness (QED) is 0.830. The van der Waals surface area contributed by atoms with Crippen LogP contribution < -0.4 is 5.32 Å². The zero-order valence-electron chi connectivity index (χ0n) is 14.1. The lowest BCUT2D eigenvalue weighted by molar-refractivity contribution is -0.137. The first-order chi connectivity index (χ1) is 11.5. The van der Waals surface area contributed by atoms with Crippen LogP contribution >= 0.6 is 11.8 Å². The van der Waals surface area contributed by atoms with E-state index in [0.29, 0.717) is 5.16 Å². The standard InChI is InChI=1S/C15H18F3N5OS/c1-9(25-13-20-21-22-23(13)14(2,3)4)12(24)19-11-7-5-6-10(8-11)15(16,17)18/h5-9H,1-4H3,(H,19,24). The van der Waals surface area contributed by atoms with E-state index in [1.54, 1.807) is 11.6 Å². The Morgan fingerprint density at radius 2 is 1.96 bits per heavy atom. The topological polar surface area (TPSA) is 72.7 Å². The van der Waals surface area contributed by atoms with Crippen molar-refractivity contribution in [2.45, 2.75) is 49.8 Å². The maximum Gasteiger partial charge on any atom is 0.416 e. The van der Waals surface area contributed by atoms with Crippen molar-refractivity contribution in [2.75, 3.05) is 5.32 Å². The summed E-state index contributed by atoms with van der Waals surface area (Å²) in [5.41, 5.74) is -1.09. The Labute approximate surface area is 147 Å². The van der Waals surface area contributed by atoms with Crippen LogP contribution in [0, 0.1) is 0 Å². The zero-order chi connectivity index (χ0) is 18.8. The summed E-state index contributed by atoms with van der Waals surface area (Å²) in [6, 6.07) is 4.50. The highest BCUT2D eigenvalue weighted by molar-refractivity contribution is 8.00. The molecule has 0 fully saturated rings. The predicted octanol–water partition coefficient (Wildman–Crippen LogP) is 3.57. The number of nitrogens with one attached hydrogen (secondary N) is 1. The predicted molar refractivity (Wildman–Crippen MR) is 88.2 cm³/mol. The van der Waals surface area contributed by atoms with E-state index in [9.17, 15) is 18.0 Å². The van der Waals surface area contributed by atoms with Gasteiger partial charge in [0.1, 0.15) is 0 Å². The number of rotatable bonds is 4. The molecule has 0 saturated carbocycles. The number of aromatic nitrogens is 4. The minimum Gasteiger partial charge on any atom is -0.325 e. The molecule has 1 N–H and O–H groups in total. The fourth-order valence-corrected chi connectivity index (χ4v) is 2.88. The molecule has 0 aliphatic rings. The Bertz CT molecular complexity index is 754. The van der Waals surface area contributed by atoms with Gasteiger partial charge in [-0.1, -0.05) is 17.8 Å². The molecule has 0 bridgehead atoms. The second-order valence-electron chi connectivity index (χ2n) is 6.37. The van der Waals surface area contributed by atoms with Gasteiger partial charge in [0, 0.05) is 5.69 Å².